The summed E-state index contributed by atoms with van der Waals surface area (Å²) >= 11 is 0. The highest BCUT2D eigenvalue weighted by Gasteiger charge is 2.27. The molecule has 0 fully saturated rings. The Balaban J connectivity index is 2.85. The molecule has 1 N–H and O–H groups in total. The van der Waals surface area contributed by atoms with Crippen molar-refractivity contribution in [3.63, 3.8) is 0 Å². The fourth-order valence-corrected chi connectivity index (χ4v) is 3.20. The van der Waals surface area contributed by atoms with Crippen LogP contribution in [0.5, 0.6) is 17.2 Å². The van der Waals surface area contributed by atoms with Gasteiger partial charge in [-0.1, -0.05) is 5.16 Å². The Bertz CT molecular complexity index is 890. The molecular weight excluding hydrogens is 392 g/mol. The van der Waals surface area contributed by atoms with Crippen LogP contribution in [-0.2, 0) is 20.7 Å². The third-order valence-electron chi connectivity index (χ3n) is 4.43. The van der Waals surface area contributed by atoms with E-state index in [1.807, 2.05) is 6.07 Å². The topological polar surface area (TPSA) is 101 Å². The maximum Gasteiger partial charge on any atom is 0.355 e. The van der Waals surface area contributed by atoms with Crippen LogP contribution < -0.4 is 14.2 Å². The van der Waals surface area contributed by atoms with E-state index >= 15 is 0 Å². The zero-order chi connectivity index (χ0) is 22.1. The van der Waals surface area contributed by atoms with E-state index in [9.17, 15) is 4.79 Å². The first-order valence-electron chi connectivity index (χ1n) is 9.34. The van der Waals surface area contributed by atoms with Crippen molar-refractivity contribution in [2.45, 2.75) is 13.3 Å². The summed E-state index contributed by atoms with van der Waals surface area (Å²) in [5, 5.41) is 3.86. The number of oxime groups is 1. The number of nitrogens with one attached hydrogen (secondary N) is 1. The summed E-state index contributed by atoms with van der Waals surface area (Å²) in [5.74, 6) is 0.937. The van der Waals surface area contributed by atoms with Gasteiger partial charge in [0.05, 0.1) is 46.5 Å². The van der Waals surface area contributed by atoms with Gasteiger partial charge in [-0.2, -0.15) is 0 Å². The third-order valence-corrected chi connectivity index (χ3v) is 4.43. The lowest BCUT2D eigenvalue weighted by atomic mass is 9.96. The number of hydrogen-bond donors (Lipinski definition) is 1. The molecule has 0 saturated carbocycles. The summed E-state index contributed by atoms with van der Waals surface area (Å²) in [7, 11) is 7.66. The van der Waals surface area contributed by atoms with Crippen molar-refractivity contribution < 1.29 is 33.3 Å². The molecule has 9 nitrogen and oxygen atoms in total. The minimum atomic E-state index is -0.471. The second kappa shape index (κ2) is 11.1. The quantitative estimate of drug-likeness (QED) is 0.339. The number of methoxy groups -OCH3 is 4. The Morgan fingerprint density at radius 3 is 2.37 bits per heavy atom. The number of esters is 1. The summed E-state index contributed by atoms with van der Waals surface area (Å²) in [5.41, 5.74) is 2.97. The monoisotopic (exact) mass is 420 g/mol. The van der Waals surface area contributed by atoms with Crippen molar-refractivity contribution >= 4 is 12.2 Å². The van der Waals surface area contributed by atoms with Gasteiger partial charge in [0.15, 0.2) is 11.5 Å². The SMILES string of the molecule is CCOC(=O)c1[nH]c(/C=N/OC)c(-c2ccc(OC)c(OC)c2OC)c1CCOC. The minimum Gasteiger partial charge on any atom is -0.493 e. The average Bonchev–Trinajstić information content (AvgIpc) is 3.13. The van der Waals surface area contributed by atoms with Crippen LogP contribution in [0.3, 0.4) is 0 Å². The molecule has 9 heteroatoms. The summed E-state index contributed by atoms with van der Waals surface area (Å²) < 4.78 is 27.1. The zero-order valence-electron chi connectivity index (χ0n) is 18.2. The normalized spacial score (nSPS) is 10.9. The first-order chi connectivity index (χ1) is 14.6. The van der Waals surface area contributed by atoms with Gasteiger partial charge in [-0.05, 0) is 31.0 Å². The highest BCUT2D eigenvalue weighted by atomic mass is 16.6. The Hall–Kier alpha value is -3.20. The van der Waals surface area contributed by atoms with E-state index in [1.165, 1.54) is 27.5 Å². The van der Waals surface area contributed by atoms with Crippen LogP contribution in [0, 0.1) is 0 Å². The first kappa shape index (κ1) is 23.1. The van der Waals surface area contributed by atoms with Gasteiger partial charge >= 0.3 is 5.97 Å². The maximum absolute atomic E-state index is 12.6. The largest absolute Gasteiger partial charge is 0.493 e. The molecule has 0 bridgehead atoms. The van der Waals surface area contributed by atoms with Gasteiger partial charge in [0.25, 0.3) is 0 Å². The average molecular weight is 420 g/mol. The molecule has 0 saturated heterocycles. The number of carbonyl (C=O) groups is 1. The van der Waals surface area contributed by atoms with E-state index in [1.54, 1.807) is 27.2 Å². The molecule has 2 aromatic rings. The van der Waals surface area contributed by atoms with Crippen LogP contribution in [0.25, 0.3) is 11.1 Å². The van der Waals surface area contributed by atoms with Gasteiger partial charge in [-0.15, -0.1) is 0 Å². The van der Waals surface area contributed by atoms with Crippen molar-refractivity contribution in [2.75, 3.05) is 48.8 Å². The lowest BCUT2D eigenvalue weighted by molar-refractivity contribution is 0.0518. The predicted octanol–water partition coefficient (Wildman–Crippen LogP) is 3.05. The number of aromatic nitrogens is 1. The molecule has 0 radical (unpaired) electrons. The summed E-state index contributed by atoms with van der Waals surface area (Å²) in [6.07, 6.45) is 1.94. The summed E-state index contributed by atoms with van der Waals surface area (Å²) in [6, 6.07) is 3.60. The number of ether oxygens (including phenoxy) is 5. The van der Waals surface area contributed by atoms with E-state index in [-0.39, 0.29) is 6.61 Å². The smallest absolute Gasteiger partial charge is 0.355 e. The fraction of sp³-hybridized carbons (Fsp3) is 0.429. The molecule has 0 unspecified atom stereocenters. The molecule has 0 aliphatic heterocycles. The van der Waals surface area contributed by atoms with E-state index in [4.69, 9.17) is 28.5 Å². The molecule has 0 atom stereocenters. The van der Waals surface area contributed by atoms with Crippen molar-refractivity contribution in [1.29, 1.82) is 0 Å². The molecule has 30 heavy (non-hydrogen) atoms. The van der Waals surface area contributed by atoms with Crippen LogP contribution in [0.4, 0.5) is 0 Å². The highest BCUT2D eigenvalue weighted by Crippen LogP contribution is 2.46. The molecule has 1 aromatic carbocycles. The van der Waals surface area contributed by atoms with E-state index < -0.39 is 5.97 Å². The van der Waals surface area contributed by atoms with Gasteiger partial charge in [0.1, 0.15) is 12.8 Å². The predicted molar refractivity (Wildman–Crippen MR) is 112 cm³/mol. The van der Waals surface area contributed by atoms with Gasteiger partial charge in [-0.25, -0.2) is 4.79 Å². The Morgan fingerprint density at radius 2 is 1.80 bits per heavy atom. The van der Waals surface area contributed by atoms with Gasteiger partial charge < -0.3 is 33.5 Å². The van der Waals surface area contributed by atoms with Crippen molar-refractivity contribution in [3.05, 3.63) is 29.1 Å². The fourth-order valence-electron chi connectivity index (χ4n) is 3.20. The van der Waals surface area contributed by atoms with Crippen molar-refractivity contribution in [1.82, 2.24) is 4.98 Å². The van der Waals surface area contributed by atoms with Crippen LogP contribution in [0.1, 0.15) is 28.7 Å². The number of aromatic amines is 1. The number of rotatable bonds is 11. The van der Waals surface area contributed by atoms with Crippen LogP contribution in [-0.4, -0.2) is 65.9 Å². The second-order valence-electron chi connectivity index (χ2n) is 6.03. The van der Waals surface area contributed by atoms with Gasteiger partial charge in [0, 0.05) is 18.2 Å². The lowest BCUT2D eigenvalue weighted by Gasteiger charge is -2.17. The molecule has 2 rings (SSSR count). The molecule has 0 aliphatic rings. The van der Waals surface area contributed by atoms with E-state index in [0.717, 1.165) is 0 Å². The lowest BCUT2D eigenvalue weighted by Crippen LogP contribution is -2.09. The standard InChI is InChI=1S/C21H28N2O7/c1-7-30-21(24)18-13(10-11-25-2)17(15(23-18)12-22-29-6)14-8-9-16(26-3)20(28-5)19(14)27-4/h8-9,12,23H,7,10-11H2,1-6H3/b22-12+. The third kappa shape index (κ3) is 4.68. The molecule has 0 aliphatic carbocycles. The minimum absolute atomic E-state index is 0.248. The maximum atomic E-state index is 12.6. The number of H-pyrrole nitrogens is 1. The van der Waals surface area contributed by atoms with Gasteiger partial charge in [-0.3, -0.25) is 0 Å². The number of hydrogen-bond acceptors (Lipinski definition) is 8. The van der Waals surface area contributed by atoms with E-state index in [0.29, 0.717) is 58.4 Å². The molecule has 164 valence electrons. The Morgan fingerprint density at radius 1 is 1.07 bits per heavy atom. The molecule has 0 spiro atoms. The van der Waals surface area contributed by atoms with Crippen molar-refractivity contribution in [2.24, 2.45) is 5.16 Å². The number of benzene rings is 1. The number of nitrogens with zero attached hydrogens (tertiary/aromatic N) is 1. The van der Waals surface area contributed by atoms with E-state index in [2.05, 4.69) is 10.1 Å². The second-order valence-corrected chi connectivity index (χ2v) is 6.03. The summed E-state index contributed by atoms with van der Waals surface area (Å²) in [4.78, 5) is 20.6. The summed E-state index contributed by atoms with van der Waals surface area (Å²) in [6.45, 7) is 2.40. The molecule has 1 heterocycles. The molecule has 0 amide bonds. The number of carbonyl (C=O) groups excluding carboxylic acids is 1. The molecular formula is C21H28N2O7. The Kier molecular flexibility index (Phi) is 8.54. The van der Waals surface area contributed by atoms with Crippen LogP contribution >= 0.6 is 0 Å². The molecule has 1 aromatic heterocycles. The van der Waals surface area contributed by atoms with Crippen LogP contribution in [0.15, 0.2) is 17.3 Å². The van der Waals surface area contributed by atoms with Crippen LogP contribution in [0.2, 0.25) is 0 Å². The van der Waals surface area contributed by atoms with Crippen molar-refractivity contribution in [3.8, 4) is 28.4 Å². The first-order valence-corrected chi connectivity index (χ1v) is 9.34. The zero-order valence-corrected chi connectivity index (χ0v) is 18.2. The Labute approximate surface area is 175 Å². The van der Waals surface area contributed by atoms with Gasteiger partial charge in [0.2, 0.25) is 5.75 Å². The highest BCUT2D eigenvalue weighted by molar-refractivity contribution is 6.00.